The van der Waals surface area contributed by atoms with E-state index < -0.39 is 5.60 Å². The average Bonchev–Trinajstić information content (AvgIpc) is 2.29. The van der Waals surface area contributed by atoms with Crippen molar-refractivity contribution in [2.24, 2.45) is 0 Å². The maximum Gasteiger partial charge on any atom is 0.161 e. The summed E-state index contributed by atoms with van der Waals surface area (Å²) in [6.07, 6.45) is 0.785. The monoisotopic (exact) mass is 256 g/mol. The van der Waals surface area contributed by atoms with Gasteiger partial charge in [-0.25, -0.2) is 9.97 Å². The van der Waals surface area contributed by atoms with E-state index in [2.05, 4.69) is 9.97 Å². The summed E-state index contributed by atoms with van der Waals surface area (Å²) < 4.78 is 11.0. The Hall–Kier alpha value is -0.710. The zero-order valence-electron chi connectivity index (χ0n) is 10.4. The van der Waals surface area contributed by atoms with Crippen molar-refractivity contribution in [3.63, 3.8) is 0 Å². The molecule has 1 aromatic rings. The molecular weight excluding hydrogens is 240 g/mol. The fourth-order valence-corrected chi connectivity index (χ4v) is 2.13. The van der Waals surface area contributed by atoms with Crippen LogP contribution in [0.25, 0.3) is 0 Å². The van der Waals surface area contributed by atoms with Crippen LogP contribution >= 0.6 is 11.6 Å². The van der Waals surface area contributed by atoms with E-state index >= 15 is 0 Å². The van der Waals surface area contributed by atoms with E-state index in [1.54, 1.807) is 0 Å². The van der Waals surface area contributed by atoms with Gasteiger partial charge in [-0.05, 0) is 20.8 Å². The number of fused-ring (bicyclic) bond motifs is 1. The summed E-state index contributed by atoms with van der Waals surface area (Å²) in [4.78, 5) is 8.89. The van der Waals surface area contributed by atoms with Crippen LogP contribution in [0.4, 0.5) is 0 Å². The zero-order chi connectivity index (χ0) is 12.5. The summed E-state index contributed by atoms with van der Waals surface area (Å²) in [5, 5.41) is 0.484. The van der Waals surface area contributed by atoms with Gasteiger partial charge >= 0.3 is 0 Å². The molecular formula is C12H17ClN2O2. The first-order valence-corrected chi connectivity index (χ1v) is 6.20. The van der Waals surface area contributed by atoms with Crippen molar-refractivity contribution in [1.29, 1.82) is 0 Å². The highest BCUT2D eigenvalue weighted by molar-refractivity contribution is 6.30. The molecule has 0 spiro atoms. The van der Waals surface area contributed by atoms with Gasteiger partial charge in [0.25, 0.3) is 0 Å². The minimum absolute atomic E-state index is 0.484. The van der Waals surface area contributed by atoms with Crippen molar-refractivity contribution >= 4 is 11.6 Å². The summed E-state index contributed by atoms with van der Waals surface area (Å²) in [6, 6.07) is 0. The molecule has 0 saturated heterocycles. The Morgan fingerprint density at radius 2 is 2.18 bits per heavy atom. The first kappa shape index (κ1) is 12.7. The number of ether oxygens (including phenoxy) is 2. The zero-order valence-corrected chi connectivity index (χ0v) is 11.2. The average molecular weight is 257 g/mol. The van der Waals surface area contributed by atoms with Gasteiger partial charge in [0.1, 0.15) is 10.8 Å². The first-order chi connectivity index (χ1) is 8.04. The van der Waals surface area contributed by atoms with E-state index in [9.17, 15) is 0 Å². The molecule has 0 N–H and O–H groups in total. The Labute approximate surface area is 106 Å². The van der Waals surface area contributed by atoms with E-state index in [1.165, 1.54) is 0 Å². The Morgan fingerprint density at radius 1 is 1.41 bits per heavy atom. The summed E-state index contributed by atoms with van der Waals surface area (Å²) in [6.45, 7) is 7.67. The van der Waals surface area contributed by atoms with Crippen molar-refractivity contribution in [2.45, 2.75) is 39.4 Å². The lowest BCUT2D eigenvalue weighted by atomic mass is 10.1. The van der Waals surface area contributed by atoms with Gasteiger partial charge in [0.2, 0.25) is 0 Å². The van der Waals surface area contributed by atoms with Crippen molar-refractivity contribution in [3.05, 3.63) is 22.2 Å². The number of hydrogen-bond acceptors (Lipinski definition) is 4. The van der Waals surface area contributed by atoms with Gasteiger partial charge in [-0.15, -0.1) is 0 Å². The molecule has 0 aromatic carbocycles. The number of nitrogens with zero attached hydrogens (tertiary/aromatic N) is 2. The summed E-state index contributed by atoms with van der Waals surface area (Å²) in [5.41, 5.74) is 1.39. The van der Waals surface area contributed by atoms with Crippen LogP contribution in [-0.4, -0.2) is 23.2 Å². The molecule has 1 aliphatic rings. The smallest absolute Gasteiger partial charge is 0.161 e. The predicted molar refractivity (Wildman–Crippen MR) is 65.1 cm³/mol. The number of rotatable bonds is 3. The van der Waals surface area contributed by atoms with Gasteiger partial charge in [0.15, 0.2) is 5.82 Å². The first-order valence-electron chi connectivity index (χ1n) is 5.82. The summed E-state index contributed by atoms with van der Waals surface area (Å²) in [7, 11) is 0. The lowest BCUT2D eigenvalue weighted by molar-refractivity contribution is -0.0213. The summed E-state index contributed by atoms with van der Waals surface area (Å²) in [5.74, 6) is 0.644. The molecule has 0 atom stereocenters. The molecule has 0 unspecified atom stereocenters. The van der Waals surface area contributed by atoms with Gasteiger partial charge in [0.05, 0.1) is 18.9 Å². The molecule has 5 heteroatoms. The van der Waals surface area contributed by atoms with E-state index in [4.69, 9.17) is 21.1 Å². The van der Waals surface area contributed by atoms with Crippen molar-refractivity contribution in [2.75, 3.05) is 13.2 Å². The third-order valence-corrected chi connectivity index (χ3v) is 3.13. The van der Waals surface area contributed by atoms with Crippen molar-refractivity contribution in [1.82, 2.24) is 9.97 Å². The molecule has 0 aliphatic carbocycles. The van der Waals surface area contributed by atoms with Gasteiger partial charge in [-0.3, -0.25) is 0 Å². The van der Waals surface area contributed by atoms with Gasteiger partial charge < -0.3 is 9.47 Å². The minimum atomic E-state index is -0.508. The molecule has 17 heavy (non-hydrogen) atoms. The Kier molecular flexibility index (Phi) is 3.66. The fraction of sp³-hybridized carbons (Fsp3) is 0.667. The SMILES string of the molecule is CCOC(C)(C)c1nc(Cl)c2c(n1)CCOC2. The van der Waals surface area contributed by atoms with Crippen LogP contribution in [0, 0.1) is 0 Å². The third-order valence-electron chi connectivity index (χ3n) is 2.82. The van der Waals surface area contributed by atoms with Crippen molar-refractivity contribution in [3.8, 4) is 0 Å². The molecule has 0 fully saturated rings. The molecule has 2 rings (SSSR count). The quantitative estimate of drug-likeness (QED) is 0.780. The molecule has 94 valence electrons. The molecule has 4 nitrogen and oxygen atoms in total. The fourth-order valence-electron chi connectivity index (χ4n) is 1.89. The van der Waals surface area contributed by atoms with Gasteiger partial charge in [-0.2, -0.15) is 0 Å². The molecule has 1 aliphatic heterocycles. The highest BCUT2D eigenvalue weighted by atomic mass is 35.5. The molecule has 1 aromatic heterocycles. The highest BCUT2D eigenvalue weighted by Gasteiger charge is 2.27. The maximum atomic E-state index is 6.17. The van der Waals surface area contributed by atoms with Crippen LogP contribution < -0.4 is 0 Å². The maximum absolute atomic E-state index is 6.17. The standard InChI is InChI=1S/C12H17ClN2O2/c1-4-17-12(2,3)11-14-9-5-6-16-7-8(9)10(13)15-11/h4-7H2,1-3H3. The Morgan fingerprint density at radius 3 is 2.88 bits per heavy atom. The van der Waals surface area contributed by atoms with Gasteiger partial charge in [0, 0.05) is 18.6 Å². The lowest BCUT2D eigenvalue weighted by Crippen LogP contribution is -2.27. The van der Waals surface area contributed by atoms with Crippen LogP contribution in [0.5, 0.6) is 0 Å². The second-order valence-electron chi connectivity index (χ2n) is 4.51. The molecule has 0 bridgehead atoms. The van der Waals surface area contributed by atoms with Crippen LogP contribution in [0.3, 0.4) is 0 Å². The van der Waals surface area contributed by atoms with Crippen LogP contribution in [0.2, 0.25) is 5.15 Å². The molecule has 0 saturated carbocycles. The van der Waals surface area contributed by atoms with Crippen molar-refractivity contribution < 1.29 is 9.47 Å². The van der Waals surface area contributed by atoms with Crippen LogP contribution in [-0.2, 0) is 28.1 Å². The normalized spacial score (nSPS) is 15.8. The minimum Gasteiger partial charge on any atom is -0.376 e. The lowest BCUT2D eigenvalue weighted by Gasteiger charge is -2.25. The Bertz CT molecular complexity index is 421. The van der Waals surface area contributed by atoms with Crippen LogP contribution in [0.15, 0.2) is 0 Å². The second kappa shape index (κ2) is 4.88. The molecule has 2 heterocycles. The number of halogens is 1. The Balaban J connectivity index is 2.40. The largest absolute Gasteiger partial charge is 0.376 e. The predicted octanol–water partition coefficient (Wildman–Crippen LogP) is 2.47. The van der Waals surface area contributed by atoms with E-state index in [-0.39, 0.29) is 0 Å². The van der Waals surface area contributed by atoms with Crippen LogP contribution in [0.1, 0.15) is 37.9 Å². The van der Waals surface area contributed by atoms with E-state index in [1.807, 2.05) is 20.8 Å². The second-order valence-corrected chi connectivity index (χ2v) is 4.87. The number of aromatic nitrogens is 2. The molecule has 0 radical (unpaired) electrons. The molecule has 0 amide bonds. The topological polar surface area (TPSA) is 44.2 Å². The van der Waals surface area contributed by atoms with E-state index in [0.717, 1.165) is 17.7 Å². The highest BCUT2D eigenvalue weighted by Crippen LogP contribution is 2.27. The summed E-state index contributed by atoms with van der Waals surface area (Å²) >= 11 is 6.17. The van der Waals surface area contributed by atoms with E-state index in [0.29, 0.717) is 30.8 Å². The third kappa shape index (κ3) is 2.59. The van der Waals surface area contributed by atoms with Gasteiger partial charge in [-0.1, -0.05) is 11.6 Å². The number of hydrogen-bond donors (Lipinski definition) is 0.